The first-order valence-electron chi connectivity index (χ1n) is 8.32. The van der Waals surface area contributed by atoms with Crippen LogP contribution < -0.4 is 5.56 Å². The summed E-state index contributed by atoms with van der Waals surface area (Å²) in [6, 6.07) is 10.0. The van der Waals surface area contributed by atoms with Crippen molar-refractivity contribution in [1.29, 1.82) is 0 Å². The maximum Gasteiger partial charge on any atom is 0.270 e. The number of fused-ring (bicyclic) bond motifs is 1. The molecule has 9 nitrogen and oxygen atoms in total. The summed E-state index contributed by atoms with van der Waals surface area (Å²) in [6.07, 6.45) is 1.29. The lowest BCUT2D eigenvalue weighted by molar-refractivity contribution is -0.385. The Kier molecular flexibility index (Phi) is 4.93. The van der Waals surface area contributed by atoms with E-state index < -0.39 is 15.4 Å². The van der Waals surface area contributed by atoms with Crippen LogP contribution in [0, 0.1) is 20.2 Å². The molecular formula is C18H16N4O5. The molecule has 2 aromatic carbocycles. The van der Waals surface area contributed by atoms with Crippen LogP contribution in [-0.4, -0.2) is 19.4 Å². The van der Waals surface area contributed by atoms with Crippen LogP contribution in [0.15, 0.2) is 47.3 Å². The molecule has 0 radical (unpaired) electrons. The van der Waals surface area contributed by atoms with Crippen molar-refractivity contribution in [2.24, 2.45) is 0 Å². The van der Waals surface area contributed by atoms with E-state index >= 15 is 0 Å². The highest BCUT2D eigenvalue weighted by Crippen LogP contribution is 2.19. The number of benzene rings is 2. The first-order chi connectivity index (χ1) is 12.9. The average Bonchev–Trinajstić information content (AvgIpc) is 2.65. The second kappa shape index (κ2) is 7.32. The third-order valence-corrected chi connectivity index (χ3v) is 4.16. The van der Waals surface area contributed by atoms with Crippen LogP contribution in [0.3, 0.4) is 0 Å². The first kappa shape index (κ1) is 18.2. The summed E-state index contributed by atoms with van der Waals surface area (Å²) in [5.74, 6) is 0.537. The molecule has 0 N–H and O–H groups in total. The minimum absolute atomic E-state index is 0.0676. The van der Waals surface area contributed by atoms with E-state index in [9.17, 15) is 25.0 Å². The fourth-order valence-electron chi connectivity index (χ4n) is 2.90. The highest BCUT2D eigenvalue weighted by Gasteiger charge is 2.15. The summed E-state index contributed by atoms with van der Waals surface area (Å²) in [5, 5.41) is 22.1. The van der Waals surface area contributed by atoms with E-state index in [0.717, 1.165) is 6.42 Å². The summed E-state index contributed by atoms with van der Waals surface area (Å²) >= 11 is 0. The number of nitrogens with zero attached hydrogens (tertiary/aromatic N) is 4. The molecule has 138 valence electrons. The van der Waals surface area contributed by atoms with Gasteiger partial charge in [0, 0.05) is 30.7 Å². The second-order valence-corrected chi connectivity index (χ2v) is 6.05. The van der Waals surface area contributed by atoms with E-state index in [1.54, 1.807) is 12.1 Å². The highest BCUT2D eigenvalue weighted by atomic mass is 16.6. The Hall–Kier alpha value is -3.62. The van der Waals surface area contributed by atoms with E-state index in [1.165, 1.54) is 34.9 Å². The van der Waals surface area contributed by atoms with Crippen molar-refractivity contribution < 1.29 is 9.85 Å². The number of nitro groups is 2. The van der Waals surface area contributed by atoms with Gasteiger partial charge in [-0.3, -0.25) is 29.6 Å². The lowest BCUT2D eigenvalue weighted by atomic mass is 10.1. The normalized spacial score (nSPS) is 10.9. The van der Waals surface area contributed by atoms with Crippen molar-refractivity contribution in [1.82, 2.24) is 9.55 Å². The number of aromatic nitrogens is 2. The molecular weight excluding hydrogens is 352 g/mol. The Balaban J connectivity index is 2.17. The molecule has 0 fully saturated rings. The number of rotatable bonds is 6. The van der Waals surface area contributed by atoms with Crippen molar-refractivity contribution >= 4 is 22.3 Å². The zero-order chi connectivity index (χ0) is 19.6. The highest BCUT2D eigenvalue weighted by molar-refractivity contribution is 5.80. The van der Waals surface area contributed by atoms with E-state index in [4.69, 9.17) is 0 Å². The van der Waals surface area contributed by atoms with Gasteiger partial charge in [0.15, 0.2) is 0 Å². The summed E-state index contributed by atoms with van der Waals surface area (Å²) in [6.45, 7) is 2.05. The van der Waals surface area contributed by atoms with E-state index in [0.29, 0.717) is 23.3 Å². The molecule has 0 saturated carbocycles. The van der Waals surface area contributed by atoms with Crippen molar-refractivity contribution in [2.45, 2.75) is 26.3 Å². The predicted molar refractivity (Wildman–Crippen MR) is 98.9 cm³/mol. The minimum Gasteiger partial charge on any atom is -0.292 e. The molecule has 1 heterocycles. The molecule has 0 unspecified atom stereocenters. The average molecular weight is 368 g/mol. The quantitative estimate of drug-likeness (QED) is 0.486. The van der Waals surface area contributed by atoms with Crippen LogP contribution in [0.5, 0.6) is 0 Å². The molecule has 0 aliphatic heterocycles. The number of aryl methyl sites for hydroxylation is 1. The fraction of sp³-hybridized carbons (Fsp3) is 0.222. The maximum atomic E-state index is 13.0. The lowest BCUT2D eigenvalue weighted by Crippen LogP contribution is -2.26. The third-order valence-electron chi connectivity index (χ3n) is 4.16. The molecule has 27 heavy (non-hydrogen) atoms. The van der Waals surface area contributed by atoms with Crippen molar-refractivity contribution in [3.63, 3.8) is 0 Å². The first-order valence-corrected chi connectivity index (χ1v) is 8.32. The molecule has 0 spiro atoms. The van der Waals surface area contributed by atoms with Gasteiger partial charge in [-0.05, 0) is 18.1 Å². The molecule has 1 aromatic heterocycles. The van der Waals surface area contributed by atoms with Gasteiger partial charge < -0.3 is 0 Å². The van der Waals surface area contributed by atoms with Gasteiger partial charge in [-0.25, -0.2) is 4.98 Å². The van der Waals surface area contributed by atoms with Gasteiger partial charge in [0.25, 0.3) is 16.9 Å². The molecule has 0 saturated heterocycles. The molecule has 3 rings (SSSR count). The summed E-state index contributed by atoms with van der Waals surface area (Å²) in [4.78, 5) is 38.4. The summed E-state index contributed by atoms with van der Waals surface area (Å²) < 4.78 is 1.43. The zero-order valence-corrected chi connectivity index (χ0v) is 14.5. The predicted octanol–water partition coefficient (Wildman–Crippen LogP) is 3.21. The Labute approximate surface area is 153 Å². The summed E-state index contributed by atoms with van der Waals surface area (Å²) in [7, 11) is 0. The standard InChI is InChI=1S/C18H16N4O5/c1-2-4-17-19-16-8-7-14(22(26)27)10-15(16)18(23)20(17)11-12-5-3-6-13(9-12)21(24)25/h3,5-10H,2,4,11H2,1H3. The van der Waals surface area contributed by atoms with E-state index in [-0.39, 0.29) is 23.3 Å². The smallest absolute Gasteiger partial charge is 0.270 e. The van der Waals surface area contributed by atoms with Gasteiger partial charge in [-0.1, -0.05) is 19.1 Å². The molecule has 0 amide bonds. The SMILES string of the molecule is CCCc1nc2ccc([N+](=O)[O-])cc2c(=O)n1Cc1cccc([N+](=O)[O-])c1. The van der Waals surface area contributed by atoms with Crippen LogP contribution >= 0.6 is 0 Å². The topological polar surface area (TPSA) is 121 Å². The Morgan fingerprint density at radius 2 is 1.74 bits per heavy atom. The number of nitro benzene ring substituents is 2. The Morgan fingerprint density at radius 1 is 1.04 bits per heavy atom. The van der Waals surface area contributed by atoms with Crippen LogP contribution in [0.4, 0.5) is 11.4 Å². The zero-order valence-electron chi connectivity index (χ0n) is 14.5. The summed E-state index contributed by atoms with van der Waals surface area (Å²) in [5.41, 5.74) is 0.312. The maximum absolute atomic E-state index is 13.0. The van der Waals surface area contributed by atoms with Crippen molar-refractivity contribution in [3.8, 4) is 0 Å². The second-order valence-electron chi connectivity index (χ2n) is 6.05. The fourth-order valence-corrected chi connectivity index (χ4v) is 2.90. The minimum atomic E-state index is -0.566. The van der Waals surface area contributed by atoms with Crippen LogP contribution in [0.25, 0.3) is 10.9 Å². The monoisotopic (exact) mass is 368 g/mol. The van der Waals surface area contributed by atoms with Gasteiger partial charge in [-0.2, -0.15) is 0 Å². The Morgan fingerprint density at radius 3 is 2.41 bits per heavy atom. The molecule has 9 heteroatoms. The van der Waals surface area contributed by atoms with Gasteiger partial charge in [0.05, 0.1) is 27.3 Å². The van der Waals surface area contributed by atoms with Crippen LogP contribution in [0.1, 0.15) is 24.7 Å². The van der Waals surface area contributed by atoms with E-state index in [2.05, 4.69) is 4.98 Å². The number of non-ortho nitro benzene ring substituents is 2. The lowest BCUT2D eigenvalue weighted by Gasteiger charge is -2.13. The van der Waals surface area contributed by atoms with Crippen LogP contribution in [0.2, 0.25) is 0 Å². The van der Waals surface area contributed by atoms with Crippen molar-refractivity contribution in [2.75, 3.05) is 0 Å². The Bertz CT molecular complexity index is 1110. The molecule has 0 aliphatic rings. The van der Waals surface area contributed by atoms with Gasteiger partial charge in [0.2, 0.25) is 0 Å². The molecule has 0 atom stereocenters. The number of hydrogen-bond donors (Lipinski definition) is 0. The molecule has 3 aromatic rings. The van der Waals surface area contributed by atoms with Crippen molar-refractivity contribution in [3.05, 3.63) is 84.4 Å². The van der Waals surface area contributed by atoms with Gasteiger partial charge in [-0.15, -0.1) is 0 Å². The van der Waals surface area contributed by atoms with Gasteiger partial charge >= 0.3 is 0 Å². The van der Waals surface area contributed by atoms with Gasteiger partial charge in [0.1, 0.15) is 5.82 Å². The number of hydrogen-bond acceptors (Lipinski definition) is 6. The molecule has 0 aliphatic carbocycles. The van der Waals surface area contributed by atoms with E-state index in [1.807, 2.05) is 6.92 Å². The molecule has 0 bridgehead atoms. The third kappa shape index (κ3) is 3.66. The van der Waals surface area contributed by atoms with Crippen LogP contribution in [-0.2, 0) is 13.0 Å². The largest absolute Gasteiger partial charge is 0.292 e.